The molecule has 1 aliphatic carbocycles. The zero-order chi connectivity index (χ0) is 20.8. The molecule has 1 aliphatic heterocycles. The number of benzene rings is 1. The molecule has 2 aliphatic rings. The van der Waals surface area contributed by atoms with E-state index in [0.29, 0.717) is 50.0 Å². The topological polar surface area (TPSA) is 91.0 Å². The van der Waals surface area contributed by atoms with Crippen LogP contribution >= 0.6 is 0 Å². The van der Waals surface area contributed by atoms with Gasteiger partial charge in [0.15, 0.2) is 0 Å². The van der Waals surface area contributed by atoms with Crippen LogP contribution in [0.3, 0.4) is 0 Å². The van der Waals surface area contributed by atoms with Crippen molar-refractivity contribution in [3.63, 3.8) is 0 Å². The number of para-hydroxylation sites is 1. The molecule has 3 rings (SSSR count). The van der Waals surface area contributed by atoms with Crippen LogP contribution in [0.5, 0.6) is 0 Å². The molecule has 2 N–H and O–H groups in total. The molecule has 158 valence electrons. The molecule has 1 saturated carbocycles. The molecular weight excluding hydrogens is 372 g/mol. The Morgan fingerprint density at radius 1 is 1.10 bits per heavy atom. The molecule has 8 nitrogen and oxygen atoms in total. The standard InChI is InChI=1S/C21H30N4O4/c1-15(2)14-29-21(28)25-11-9-24(10-12-25)13-19(26)23-18-6-4-3-5-17(18)20(27)22-16-7-8-16/h3-6,15-16H,7-14H2,1-2H3,(H,22,27)(H,23,26). The molecule has 1 heterocycles. The molecule has 3 amide bonds. The molecule has 29 heavy (non-hydrogen) atoms. The van der Waals surface area contributed by atoms with Crippen LogP contribution in [0.2, 0.25) is 0 Å². The number of nitrogens with one attached hydrogen (secondary N) is 2. The summed E-state index contributed by atoms with van der Waals surface area (Å²) in [7, 11) is 0. The molecular formula is C21H30N4O4. The van der Waals surface area contributed by atoms with Crippen molar-refractivity contribution in [2.45, 2.75) is 32.7 Å². The van der Waals surface area contributed by atoms with Crippen LogP contribution in [-0.2, 0) is 9.53 Å². The second-order valence-corrected chi connectivity index (χ2v) is 8.08. The minimum absolute atomic E-state index is 0.156. The smallest absolute Gasteiger partial charge is 0.409 e. The molecule has 1 saturated heterocycles. The molecule has 0 bridgehead atoms. The van der Waals surface area contributed by atoms with Crippen molar-refractivity contribution in [2.75, 3.05) is 44.6 Å². The number of carbonyl (C=O) groups is 3. The lowest BCUT2D eigenvalue weighted by molar-refractivity contribution is -0.117. The highest BCUT2D eigenvalue weighted by Gasteiger charge is 2.26. The minimum atomic E-state index is -0.293. The van der Waals surface area contributed by atoms with E-state index in [1.807, 2.05) is 18.7 Å². The zero-order valence-electron chi connectivity index (χ0n) is 17.1. The van der Waals surface area contributed by atoms with Gasteiger partial charge in [-0.25, -0.2) is 4.79 Å². The summed E-state index contributed by atoms with van der Waals surface area (Å²) in [5.74, 6) is -0.0254. The monoisotopic (exact) mass is 402 g/mol. The molecule has 0 atom stereocenters. The normalized spacial score (nSPS) is 17.1. The van der Waals surface area contributed by atoms with E-state index < -0.39 is 0 Å². The predicted octanol–water partition coefficient (Wildman–Crippen LogP) is 1.93. The molecule has 1 aromatic rings. The average molecular weight is 402 g/mol. The van der Waals surface area contributed by atoms with Crippen LogP contribution in [0, 0.1) is 5.92 Å². The number of rotatable bonds is 7. The van der Waals surface area contributed by atoms with Gasteiger partial charge in [0, 0.05) is 32.2 Å². The van der Waals surface area contributed by atoms with Gasteiger partial charge < -0.3 is 20.3 Å². The van der Waals surface area contributed by atoms with Gasteiger partial charge in [-0.05, 0) is 30.9 Å². The predicted molar refractivity (Wildman–Crippen MR) is 110 cm³/mol. The Kier molecular flexibility index (Phi) is 7.09. The number of carbonyl (C=O) groups excluding carboxylic acids is 3. The second kappa shape index (κ2) is 9.73. The summed E-state index contributed by atoms with van der Waals surface area (Å²) >= 11 is 0. The minimum Gasteiger partial charge on any atom is -0.449 e. The van der Waals surface area contributed by atoms with Gasteiger partial charge in [-0.2, -0.15) is 0 Å². The Morgan fingerprint density at radius 2 is 1.79 bits per heavy atom. The van der Waals surface area contributed by atoms with Crippen molar-refractivity contribution in [3.05, 3.63) is 29.8 Å². The van der Waals surface area contributed by atoms with E-state index in [9.17, 15) is 14.4 Å². The summed E-state index contributed by atoms with van der Waals surface area (Å²) in [6.45, 7) is 6.90. The number of piperazine rings is 1. The quantitative estimate of drug-likeness (QED) is 0.727. The fourth-order valence-corrected chi connectivity index (χ4v) is 3.09. The molecule has 2 fully saturated rings. The third-order valence-electron chi connectivity index (χ3n) is 4.90. The third kappa shape index (κ3) is 6.45. The van der Waals surface area contributed by atoms with Crippen LogP contribution in [-0.4, -0.2) is 73.1 Å². The van der Waals surface area contributed by atoms with Crippen molar-refractivity contribution in [2.24, 2.45) is 5.92 Å². The van der Waals surface area contributed by atoms with Crippen molar-refractivity contribution in [1.82, 2.24) is 15.1 Å². The summed E-state index contributed by atoms with van der Waals surface area (Å²) in [6.07, 6.45) is 1.73. The maximum atomic E-state index is 12.5. The highest BCUT2D eigenvalue weighted by molar-refractivity contribution is 6.04. The third-order valence-corrected chi connectivity index (χ3v) is 4.90. The van der Waals surface area contributed by atoms with Gasteiger partial charge in [-0.15, -0.1) is 0 Å². The first-order valence-electron chi connectivity index (χ1n) is 10.3. The van der Waals surface area contributed by atoms with Crippen LogP contribution < -0.4 is 10.6 Å². The number of anilines is 1. The molecule has 0 unspecified atom stereocenters. The highest BCUT2D eigenvalue weighted by Crippen LogP contribution is 2.21. The Hall–Kier alpha value is -2.61. The fourth-order valence-electron chi connectivity index (χ4n) is 3.09. The number of hydrogen-bond acceptors (Lipinski definition) is 5. The van der Waals surface area contributed by atoms with E-state index in [1.165, 1.54) is 0 Å². The molecule has 0 radical (unpaired) electrons. The maximum absolute atomic E-state index is 12.5. The SMILES string of the molecule is CC(C)COC(=O)N1CCN(CC(=O)Nc2ccccc2C(=O)NC2CC2)CC1. The van der Waals surface area contributed by atoms with Gasteiger partial charge >= 0.3 is 6.09 Å². The van der Waals surface area contributed by atoms with E-state index in [0.717, 1.165) is 12.8 Å². The number of hydrogen-bond donors (Lipinski definition) is 2. The summed E-state index contributed by atoms with van der Waals surface area (Å²) < 4.78 is 5.26. The van der Waals surface area contributed by atoms with E-state index in [2.05, 4.69) is 10.6 Å². The first kappa shape index (κ1) is 21.1. The van der Waals surface area contributed by atoms with E-state index >= 15 is 0 Å². The molecule has 0 spiro atoms. The van der Waals surface area contributed by atoms with Crippen molar-refractivity contribution < 1.29 is 19.1 Å². The second-order valence-electron chi connectivity index (χ2n) is 8.08. The number of ether oxygens (including phenoxy) is 1. The lowest BCUT2D eigenvalue weighted by atomic mass is 10.1. The Labute approximate surface area is 171 Å². The largest absolute Gasteiger partial charge is 0.449 e. The first-order valence-corrected chi connectivity index (χ1v) is 10.3. The Balaban J connectivity index is 1.46. The van der Waals surface area contributed by atoms with Crippen LogP contribution in [0.1, 0.15) is 37.0 Å². The van der Waals surface area contributed by atoms with Crippen LogP contribution in [0.15, 0.2) is 24.3 Å². The van der Waals surface area contributed by atoms with Gasteiger partial charge in [0.2, 0.25) is 5.91 Å². The van der Waals surface area contributed by atoms with Crippen LogP contribution in [0.4, 0.5) is 10.5 Å². The number of amides is 3. The van der Waals surface area contributed by atoms with Gasteiger partial charge in [0.05, 0.1) is 24.4 Å². The highest BCUT2D eigenvalue weighted by atomic mass is 16.6. The summed E-state index contributed by atoms with van der Waals surface area (Å²) in [6, 6.07) is 7.30. The van der Waals surface area contributed by atoms with Crippen molar-refractivity contribution in [3.8, 4) is 0 Å². The molecule has 1 aromatic carbocycles. The first-order chi connectivity index (χ1) is 13.9. The Bertz CT molecular complexity index is 740. The summed E-state index contributed by atoms with van der Waals surface area (Å²) in [5, 5.41) is 5.80. The number of nitrogens with zero attached hydrogens (tertiary/aromatic N) is 2. The molecule has 0 aromatic heterocycles. The lowest BCUT2D eigenvalue weighted by Crippen LogP contribution is -2.50. The Morgan fingerprint density at radius 3 is 2.45 bits per heavy atom. The van der Waals surface area contributed by atoms with Gasteiger partial charge in [-0.3, -0.25) is 14.5 Å². The van der Waals surface area contributed by atoms with E-state index in [4.69, 9.17) is 4.74 Å². The fraction of sp³-hybridized carbons (Fsp3) is 0.571. The van der Waals surface area contributed by atoms with Gasteiger partial charge in [0.25, 0.3) is 5.91 Å². The maximum Gasteiger partial charge on any atom is 0.409 e. The summed E-state index contributed by atoms with van der Waals surface area (Å²) in [5.41, 5.74) is 0.997. The van der Waals surface area contributed by atoms with E-state index in [-0.39, 0.29) is 30.5 Å². The van der Waals surface area contributed by atoms with Gasteiger partial charge in [0.1, 0.15) is 0 Å². The van der Waals surface area contributed by atoms with E-state index in [1.54, 1.807) is 29.2 Å². The van der Waals surface area contributed by atoms with Crippen LogP contribution in [0.25, 0.3) is 0 Å². The zero-order valence-corrected chi connectivity index (χ0v) is 17.1. The van der Waals surface area contributed by atoms with Crippen molar-refractivity contribution in [1.29, 1.82) is 0 Å². The van der Waals surface area contributed by atoms with Crippen molar-refractivity contribution >= 4 is 23.6 Å². The van der Waals surface area contributed by atoms with Gasteiger partial charge in [-0.1, -0.05) is 26.0 Å². The lowest BCUT2D eigenvalue weighted by Gasteiger charge is -2.33. The molecule has 8 heteroatoms. The summed E-state index contributed by atoms with van der Waals surface area (Å²) in [4.78, 5) is 40.5. The average Bonchev–Trinajstić information content (AvgIpc) is 3.51.